The number of rotatable bonds is 8. The van der Waals surface area contributed by atoms with Crippen LogP contribution in [0.25, 0.3) is 10.8 Å². The number of hydrogen-bond donors (Lipinski definition) is 1. The molecular weight excluding hydrogens is 438 g/mol. The van der Waals surface area contributed by atoms with Crippen molar-refractivity contribution >= 4 is 16.7 Å². The molecule has 178 valence electrons. The Morgan fingerprint density at radius 3 is 2.57 bits per heavy atom. The molecule has 0 saturated carbocycles. The number of methoxy groups -OCH3 is 1. The highest BCUT2D eigenvalue weighted by molar-refractivity contribution is 5.85. The molecule has 0 saturated heterocycles. The zero-order chi connectivity index (χ0) is 24.0. The van der Waals surface area contributed by atoms with Crippen LogP contribution in [-0.2, 0) is 16.1 Å². The number of ether oxygens (including phenoxy) is 3. The van der Waals surface area contributed by atoms with E-state index >= 15 is 0 Å². The molecule has 0 bridgehead atoms. The second-order valence-electron chi connectivity index (χ2n) is 8.77. The van der Waals surface area contributed by atoms with Gasteiger partial charge in [0.25, 0.3) is 0 Å². The first-order chi connectivity index (χ1) is 17.2. The molecule has 4 aromatic rings. The summed E-state index contributed by atoms with van der Waals surface area (Å²) < 4.78 is 16.5. The van der Waals surface area contributed by atoms with E-state index in [1.807, 2.05) is 24.3 Å². The monoisotopic (exact) mass is 467 g/mol. The van der Waals surface area contributed by atoms with Crippen molar-refractivity contribution in [2.75, 3.05) is 20.3 Å². The summed E-state index contributed by atoms with van der Waals surface area (Å²) in [6.07, 6.45) is 0.933. The van der Waals surface area contributed by atoms with Crippen LogP contribution >= 0.6 is 0 Å². The highest BCUT2D eigenvalue weighted by Crippen LogP contribution is 2.40. The van der Waals surface area contributed by atoms with E-state index in [0.717, 1.165) is 25.3 Å². The van der Waals surface area contributed by atoms with E-state index in [-0.39, 0.29) is 18.6 Å². The lowest BCUT2D eigenvalue weighted by Crippen LogP contribution is -2.35. The van der Waals surface area contributed by atoms with E-state index in [1.54, 1.807) is 0 Å². The third-order valence-corrected chi connectivity index (χ3v) is 6.52. The zero-order valence-corrected chi connectivity index (χ0v) is 19.8. The highest BCUT2D eigenvalue weighted by Gasteiger charge is 2.29. The smallest absolute Gasteiger partial charge is 0.343 e. The summed E-state index contributed by atoms with van der Waals surface area (Å²) >= 11 is 0. The van der Waals surface area contributed by atoms with Gasteiger partial charge in [-0.15, -0.1) is 0 Å². The van der Waals surface area contributed by atoms with Gasteiger partial charge in [-0.25, -0.2) is 4.79 Å². The largest absolute Gasteiger partial charge is 0.489 e. The molecule has 5 nitrogen and oxygen atoms in total. The quantitative estimate of drug-likeness (QED) is 0.349. The fraction of sp³-hybridized carbons (Fsp3) is 0.233. The number of esters is 1. The maximum absolute atomic E-state index is 11.3. The average molecular weight is 468 g/mol. The van der Waals surface area contributed by atoms with Gasteiger partial charge < -0.3 is 19.5 Å². The Balaban J connectivity index is 1.27. The summed E-state index contributed by atoms with van der Waals surface area (Å²) in [4.78, 5) is 11.3. The first-order valence-electron chi connectivity index (χ1n) is 11.9. The summed E-state index contributed by atoms with van der Waals surface area (Å²) in [6.45, 7) is 1.45. The number of carbonyl (C=O) groups is 1. The van der Waals surface area contributed by atoms with Gasteiger partial charge in [-0.1, -0.05) is 72.8 Å². The van der Waals surface area contributed by atoms with Crippen molar-refractivity contribution in [2.45, 2.75) is 25.0 Å². The third kappa shape index (κ3) is 5.31. The lowest BCUT2D eigenvalue weighted by molar-refractivity contribution is -0.142. The van der Waals surface area contributed by atoms with Gasteiger partial charge in [0.05, 0.1) is 7.11 Å². The minimum absolute atomic E-state index is 0.0557. The van der Waals surface area contributed by atoms with E-state index in [9.17, 15) is 4.79 Å². The second kappa shape index (κ2) is 10.6. The van der Waals surface area contributed by atoms with Crippen LogP contribution in [0, 0.1) is 0 Å². The number of carbonyl (C=O) groups excluding carboxylic acids is 1. The minimum atomic E-state index is -0.397. The summed E-state index contributed by atoms with van der Waals surface area (Å²) in [6, 6.07) is 31.1. The molecule has 2 atom stereocenters. The SMILES string of the molecule is COC(=O)COc1ccc(C2CC(CNCc3cccc4ccccc34)Oc3ccccc32)cc1. The van der Waals surface area contributed by atoms with Crippen molar-refractivity contribution in [2.24, 2.45) is 0 Å². The molecule has 0 aromatic heterocycles. The number of nitrogens with one attached hydrogen (secondary N) is 1. The second-order valence-corrected chi connectivity index (χ2v) is 8.77. The molecule has 5 heteroatoms. The molecule has 1 N–H and O–H groups in total. The molecular formula is C30H29NO4. The Labute approximate surface area is 205 Å². The molecule has 2 unspecified atom stereocenters. The van der Waals surface area contributed by atoms with E-state index in [0.29, 0.717) is 5.75 Å². The predicted octanol–water partition coefficient (Wildman–Crippen LogP) is 5.46. The molecule has 1 aliphatic rings. The number of benzene rings is 4. The van der Waals surface area contributed by atoms with Crippen LogP contribution in [0.15, 0.2) is 91.0 Å². The molecule has 4 aromatic carbocycles. The van der Waals surface area contributed by atoms with Gasteiger partial charge >= 0.3 is 5.97 Å². The van der Waals surface area contributed by atoms with Gasteiger partial charge in [0, 0.05) is 24.6 Å². The van der Waals surface area contributed by atoms with Gasteiger partial charge in [-0.2, -0.15) is 0 Å². The lowest BCUT2D eigenvalue weighted by Gasteiger charge is -2.33. The van der Waals surface area contributed by atoms with Crippen LogP contribution in [0.4, 0.5) is 0 Å². The Kier molecular flexibility index (Phi) is 6.96. The Hall–Kier alpha value is -3.83. The minimum Gasteiger partial charge on any atom is -0.489 e. The molecule has 0 fully saturated rings. The van der Waals surface area contributed by atoms with Gasteiger partial charge in [-0.05, 0) is 46.5 Å². The first-order valence-corrected chi connectivity index (χ1v) is 11.9. The first kappa shape index (κ1) is 22.9. The summed E-state index contributed by atoms with van der Waals surface area (Å²) in [5.74, 6) is 1.41. The van der Waals surface area contributed by atoms with Crippen LogP contribution in [0.2, 0.25) is 0 Å². The normalized spacial score (nSPS) is 16.8. The van der Waals surface area contributed by atoms with Gasteiger partial charge in [0.15, 0.2) is 6.61 Å². The maximum Gasteiger partial charge on any atom is 0.343 e. The van der Waals surface area contributed by atoms with E-state index in [1.165, 1.54) is 34.6 Å². The van der Waals surface area contributed by atoms with Crippen molar-refractivity contribution in [3.8, 4) is 11.5 Å². The van der Waals surface area contributed by atoms with Crippen LogP contribution in [-0.4, -0.2) is 32.3 Å². The topological polar surface area (TPSA) is 56.8 Å². The Morgan fingerprint density at radius 2 is 1.71 bits per heavy atom. The van der Waals surface area contributed by atoms with Crippen LogP contribution in [0.3, 0.4) is 0 Å². The van der Waals surface area contributed by atoms with Crippen LogP contribution in [0.1, 0.15) is 29.0 Å². The average Bonchev–Trinajstić information content (AvgIpc) is 2.91. The van der Waals surface area contributed by atoms with Gasteiger partial charge in [0.1, 0.15) is 17.6 Å². The molecule has 0 spiro atoms. The molecule has 0 amide bonds. The molecule has 5 rings (SSSR count). The standard InChI is InChI=1S/C30H29NO4/c1-33-30(32)20-34-24-15-13-22(14-16-24)28-17-25(35-29-12-5-4-11-27(28)29)19-31-18-23-9-6-8-21-7-2-3-10-26(21)23/h2-16,25,28,31H,17-20H2,1H3. The van der Waals surface area contributed by atoms with Gasteiger partial charge in [-0.3, -0.25) is 0 Å². The van der Waals surface area contributed by atoms with E-state index in [4.69, 9.17) is 9.47 Å². The lowest BCUT2D eigenvalue weighted by atomic mass is 9.84. The van der Waals surface area contributed by atoms with Crippen molar-refractivity contribution in [1.82, 2.24) is 5.32 Å². The molecule has 1 heterocycles. The van der Waals surface area contributed by atoms with Crippen LogP contribution in [0.5, 0.6) is 11.5 Å². The summed E-state index contributed by atoms with van der Waals surface area (Å²) in [7, 11) is 1.35. The number of para-hydroxylation sites is 1. The highest BCUT2D eigenvalue weighted by atomic mass is 16.6. The van der Waals surface area contributed by atoms with Crippen molar-refractivity contribution in [1.29, 1.82) is 0 Å². The summed E-state index contributed by atoms with van der Waals surface area (Å²) in [5, 5.41) is 6.16. The predicted molar refractivity (Wildman–Crippen MR) is 137 cm³/mol. The van der Waals surface area contributed by atoms with E-state index in [2.05, 4.69) is 76.8 Å². The summed E-state index contributed by atoms with van der Waals surface area (Å²) in [5.41, 5.74) is 3.68. The maximum atomic E-state index is 11.3. The van der Waals surface area contributed by atoms with Crippen molar-refractivity contribution in [3.63, 3.8) is 0 Å². The molecule has 35 heavy (non-hydrogen) atoms. The molecule has 1 aliphatic heterocycles. The molecule has 0 aliphatic carbocycles. The van der Waals surface area contributed by atoms with Crippen LogP contribution < -0.4 is 14.8 Å². The fourth-order valence-corrected chi connectivity index (χ4v) is 4.75. The Morgan fingerprint density at radius 1 is 0.943 bits per heavy atom. The zero-order valence-electron chi connectivity index (χ0n) is 19.8. The number of fused-ring (bicyclic) bond motifs is 2. The Bertz CT molecular complexity index is 1300. The van der Waals surface area contributed by atoms with Crippen molar-refractivity contribution < 1.29 is 19.0 Å². The third-order valence-electron chi connectivity index (χ3n) is 6.52. The van der Waals surface area contributed by atoms with Gasteiger partial charge in [0.2, 0.25) is 0 Å². The van der Waals surface area contributed by atoms with E-state index < -0.39 is 5.97 Å². The molecule has 0 radical (unpaired) electrons. The number of hydrogen-bond acceptors (Lipinski definition) is 5. The fourth-order valence-electron chi connectivity index (χ4n) is 4.75. The van der Waals surface area contributed by atoms with Crippen molar-refractivity contribution in [3.05, 3.63) is 108 Å².